The molecule has 0 aliphatic carbocycles. The van der Waals surface area contributed by atoms with E-state index in [0.29, 0.717) is 18.5 Å². The van der Waals surface area contributed by atoms with Gasteiger partial charge >= 0.3 is 5.97 Å². The van der Waals surface area contributed by atoms with Crippen molar-refractivity contribution in [3.05, 3.63) is 123 Å². The number of phenolic OH excluding ortho intramolecular Hbond substituents is 1. The standard InChI is InChI=1S/C24H31NO5.C18H18N2O3/c1-6-25(7-2)17-12-13-20(21(26)14-17)22(27)18-10-8-9-11-19(18)23(28)30-16-24(3,4)15-29-5;1-3-20(4-2)14-9-10-16(17(11-14)19-23)18(22)15-8-6-5-7-13(15)12-21/h8-14,26H,6-7,15-16H2,1-5H3;5-12H,3-4H2,1-2H3. The maximum Gasteiger partial charge on any atom is 0.338 e. The van der Waals surface area contributed by atoms with Gasteiger partial charge in [-0.2, -0.15) is 0 Å². The van der Waals surface area contributed by atoms with Crippen LogP contribution in [0.4, 0.5) is 17.1 Å². The van der Waals surface area contributed by atoms with Crippen LogP contribution in [-0.4, -0.2) is 75.4 Å². The number of ether oxygens (including phenoxy) is 2. The highest BCUT2D eigenvalue weighted by atomic mass is 16.5. The zero-order valence-corrected chi connectivity index (χ0v) is 31.5. The second-order valence-corrected chi connectivity index (χ2v) is 12.9. The normalized spacial score (nSPS) is 10.8. The predicted octanol–water partition coefficient (Wildman–Crippen LogP) is 8.27. The summed E-state index contributed by atoms with van der Waals surface area (Å²) in [6.45, 7) is 15.7. The number of hydrogen-bond acceptors (Lipinski definition) is 11. The Kier molecular flexibility index (Phi) is 15.6. The molecule has 0 unspecified atom stereocenters. The van der Waals surface area contributed by atoms with Crippen molar-refractivity contribution < 1.29 is 33.8 Å². The maximum absolute atomic E-state index is 13.1. The van der Waals surface area contributed by atoms with Crippen molar-refractivity contribution in [3.8, 4) is 5.75 Å². The van der Waals surface area contributed by atoms with Gasteiger partial charge in [-0.15, -0.1) is 4.91 Å². The van der Waals surface area contributed by atoms with E-state index in [1.165, 1.54) is 0 Å². The summed E-state index contributed by atoms with van der Waals surface area (Å²) in [5.41, 5.74) is 2.68. The Labute approximate surface area is 311 Å². The lowest BCUT2D eigenvalue weighted by atomic mass is 9.95. The Hall–Kier alpha value is -5.68. The van der Waals surface area contributed by atoms with Gasteiger partial charge in [-0.3, -0.25) is 14.4 Å². The van der Waals surface area contributed by atoms with E-state index in [-0.39, 0.29) is 57.1 Å². The third-order valence-corrected chi connectivity index (χ3v) is 8.66. The Morgan fingerprint density at radius 1 is 0.698 bits per heavy atom. The van der Waals surface area contributed by atoms with Crippen LogP contribution >= 0.6 is 0 Å². The van der Waals surface area contributed by atoms with E-state index >= 15 is 0 Å². The summed E-state index contributed by atoms with van der Waals surface area (Å²) in [6.07, 6.45) is 0.630. The Morgan fingerprint density at radius 2 is 1.21 bits per heavy atom. The van der Waals surface area contributed by atoms with Gasteiger partial charge in [-0.1, -0.05) is 56.3 Å². The zero-order valence-electron chi connectivity index (χ0n) is 31.5. The van der Waals surface area contributed by atoms with Crippen LogP contribution in [0.1, 0.15) is 94.1 Å². The zero-order chi connectivity index (χ0) is 39.1. The molecule has 4 aromatic rings. The molecule has 0 aromatic heterocycles. The number of benzene rings is 4. The minimum atomic E-state index is -0.581. The van der Waals surface area contributed by atoms with Crippen molar-refractivity contribution >= 4 is 40.9 Å². The van der Waals surface area contributed by atoms with Crippen molar-refractivity contribution in [1.82, 2.24) is 0 Å². The Bertz CT molecular complexity index is 1900. The minimum Gasteiger partial charge on any atom is -0.507 e. The summed E-state index contributed by atoms with van der Waals surface area (Å²) in [5, 5.41) is 13.5. The molecule has 0 aliphatic heterocycles. The number of carbonyl (C=O) groups is 4. The molecule has 0 amide bonds. The SMILES string of the molecule is CCN(CC)c1ccc(C(=O)c2ccccc2C(=O)OCC(C)(C)COC)c(O)c1.CCN(CC)c1ccc(C(=O)c2ccccc2C=O)c(N=O)c1. The quantitative estimate of drug-likeness (QED) is 0.0489. The molecule has 11 heteroatoms. The average Bonchev–Trinajstić information content (AvgIpc) is 3.17. The fourth-order valence-corrected chi connectivity index (χ4v) is 5.80. The second kappa shape index (κ2) is 19.8. The van der Waals surface area contributed by atoms with E-state index in [0.717, 1.165) is 37.6 Å². The van der Waals surface area contributed by atoms with Crippen molar-refractivity contribution in [2.45, 2.75) is 41.5 Å². The van der Waals surface area contributed by atoms with Gasteiger partial charge in [0.1, 0.15) is 11.4 Å². The largest absolute Gasteiger partial charge is 0.507 e. The summed E-state index contributed by atoms with van der Waals surface area (Å²) in [6, 6.07) is 22.9. The first-order valence-corrected chi connectivity index (χ1v) is 17.6. The number of phenols is 1. The van der Waals surface area contributed by atoms with E-state index in [2.05, 4.69) is 15.0 Å². The van der Waals surface area contributed by atoms with Gasteiger partial charge in [0, 0.05) is 72.8 Å². The molecular formula is C42H49N3O8. The van der Waals surface area contributed by atoms with Gasteiger partial charge in [-0.05, 0) is 69.3 Å². The molecule has 0 fully saturated rings. The number of esters is 1. The molecule has 0 bridgehead atoms. The van der Waals surface area contributed by atoms with Crippen LogP contribution in [0, 0.1) is 10.3 Å². The van der Waals surface area contributed by atoms with Gasteiger partial charge in [0.25, 0.3) is 0 Å². The molecule has 0 aliphatic rings. The molecule has 0 saturated carbocycles. The number of nitrogens with zero attached hydrogens (tertiary/aromatic N) is 3. The van der Waals surface area contributed by atoms with Gasteiger partial charge in [0.15, 0.2) is 17.9 Å². The van der Waals surface area contributed by atoms with Gasteiger partial charge in [0.05, 0.1) is 29.9 Å². The van der Waals surface area contributed by atoms with E-state index in [1.54, 1.807) is 92.0 Å². The van der Waals surface area contributed by atoms with Crippen molar-refractivity contribution in [2.75, 3.05) is 56.3 Å². The smallest absolute Gasteiger partial charge is 0.338 e. The van der Waals surface area contributed by atoms with Crippen molar-refractivity contribution in [2.24, 2.45) is 10.6 Å². The van der Waals surface area contributed by atoms with Crippen LogP contribution in [-0.2, 0) is 9.47 Å². The Morgan fingerprint density at radius 3 is 1.74 bits per heavy atom. The topological polar surface area (TPSA) is 143 Å². The molecule has 4 rings (SSSR count). The molecule has 0 atom stereocenters. The van der Waals surface area contributed by atoms with Gasteiger partial charge in [0.2, 0.25) is 0 Å². The lowest BCUT2D eigenvalue weighted by molar-refractivity contribution is 0.0135. The number of aldehydes is 1. The number of carbonyl (C=O) groups excluding carboxylic acids is 4. The number of rotatable bonds is 17. The molecule has 4 aromatic carbocycles. The maximum atomic E-state index is 13.1. The molecule has 280 valence electrons. The number of nitroso groups, excluding NO2 is 1. The second-order valence-electron chi connectivity index (χ2n) is 12.9. The number of methoxy groups -OCH3 is 1. The summed E-state index contributed by atoms with van der Waals surface area (Å²) in [4.78, 5) is 64.8. The first-order valence-electron chi connectivity index (χ1n) is 17.6. The van der Waals surface area contributed by atoms with E-state index in [4.69, 9.17) is 9.47 Å². The number of ketones is 2. The van der Waals surface area contributed by atoms with Crippen molar-refractivity contribution in [3.63, 3.8) is 0 Å². The first kappa shape index (κ1) is 41.7. The highest BCUT2D eigenvalue weighted by Gasteiger charge is 2.25. The average molecular weight is 724 g/mol. The molecule has 0 saturated heterocycles. The van der Waals surface area contributed by atoms with E-state index < -0.39 is 11.8 Å². The summed E-state index contributed by atoms with van der Waals surface area (Å²) < 4.78 is 10.6. The van der Waals surface area contributed by atoms with E-state index in [1.807, 2.05) is 41.5 Å². The number of anilines is 2. The van der Waals surface area contributed by atoms with Crippen LogP contribution in [0.25, 0.3) is 0 Å². The highest BCUT2D eigenvalue weighted by molar-refractivity contribution is 6.16. The first-order chi connectivity index (χ1) is 25.4. The molecule has 53 heavy (non-hydrogen) atoms. The van der Waals surface area contributed by atoms with Crippen molar-refractivity contribution in [1.29, 1.82) is 0 Å². The van der Waals surface area contributed by atoms with Gasteiger partial charge in [-0.25, -0.2) is 4.79 Å². The summed E-state index contributed by atoms with van der Waals surface area (Å²) in [5.74, 6) is -1.51. The van der Waals surface area contributed by atoms with Crippen LogP contribution in [0.2, 0.25) is 0 Å². The summed E-state index contributed by atoms with van der Waals surface area (Å²) in [7, 11) is 1.59. The van der Waals surface area contributed by atoms with Crippen LogP contribution in [0.15, 0.2) is 90.1 Å². The lowest BCUT2D eigenvalue weighted by Gasteiger charge is -2.23. The fraction of sp³-hybridized carbons (Fsp3) is 0.333. The minimum absolute atomic E-state index is 0.0834. The van der Waals surface area contributed by atoms with Crippen LogP contribution < -0.4 is 9.80 Å². The Balaban J connectivity index is 0.000000295. The third-order valence-electron chi connectivity index (χ3n) is 8.66. The number of aromatic hydroxyl groups is 1. The molecule has 1 N–H and O–H groups in total. The molecule has 0 radical (unpaired) electrons. The molecular weight excluding hydrogens is 674 g/mol. The van der Waals surface area contributed by atoms with Gasteiger partial charge < -0.3 is 24.4 Å². The molecule has 11 nitrogen and oxygen atoms in total. The predicted molar refractivity (Wildman–Crippen MR) is 208 cm³/mol. The summed E-state index contributed by atoms with van der Waals surface area (Å²) >= 11 is 0. The monoisotopic (exact) mass is 723 g/mol. The van der Waals surface area contributed by atoms with Crippen LogP contribution in [0.5, 0.6) is 5.75 Å². The fourth-order valence-electron chi connectivity index (χ4n) is 5.80. The molecule has 0 spiro atoms. The lowest BCUT2D eigenvalue weighted by Crippen LogP contribution is -2.27. The third kappa shape index (κ3) is 10.7. The van der Waals surface area contributed by atoms with Crippen LogP contribution in [0.3, 0.4) is 0 Å². The molecule has 0 heterocycles. The number of hydrogen-bond donors (Lipinski definition) is 1. The van der Waals surface area contributed by atoms with E-state index in [9.17, 15) is 29.2 Å². The highest BCUT2D eigenvalue weighted by Crippen LogP contribution is 2.30.